The molecule has 2 aromatic rings. The average Bonchev–Trinajstić information content (AvgIpc) is 2.98. The van der Waals surface area contributed by atoms with Crippen LogP contribution in [0.1, 0.15) is 26.3 Å². The van der Waals surface area contributed by atoms with Gasteiger partial charge in [0.05, 0.1) is 16.7 Å². The Morgan fingerprint density at radius 1 is 1.18 bits per heavy atom. The number of hydrogen-bond donors (Lipinski definition) is 0. The number of rotatable bonds is 4. The van der Waals surface area contributed by atoms with E-state index in [0.29, 0.717) is 11.4 Å². The fourth-order valence-electron chi connectivity index (χ4n) is 2.96. The van der Waals surface area contributed by atoms with Gasteiger partial charge in [-0.2, -0.15) is 10.1 Å². The third-order valence-electron chi connectivity index (χ3n) is 4.15. The SMILES string of the molecule is C[C@@H]1C[C@H](C)n2ncnc2N1CCS(=O)(=O)c1ccccc1. The van der Waals surface area contributed by atoms with Gasteiger partial charge in [-0.3, -0.25) is 0 Å². The summed E-state index contributed by atoms with van der Waals surface area (Å²) in [5.41, 5.74) is 0. The van der Waals surface area contributed by atoms with E-state index in [1.54, 1.807) is 24.3 Å². The van der Waals surface area contributed by atoms with Crippen LogP contribution >= 0.6 is 0 Å². The Kier molecular flexibility index (Phi) is 3.90. The highest BCUT2D eigenvalue weighted by atomic mass is 32.2. The lowest BCUT2D eigenvalue weighted by molar-refractivity contribution is 0.372. The molecular weight excluding hydrogens is 300 g/mol. The van der Waals surface area contributed by atoms with Crippen LogP contribution in [0.25, 0.3) is 0 Å². The van der Waals surface area contributed by atoms with Crippen molar-refractivity contribution < 1.29 is 8.42 Å². The Bertz CT molecular complexity index is 742. The lowest BCUT2D eigenvalue weighted by Gasteiger charge is -2.37. The van der Waals surface area contributed by atoms with Gasteiger partial charge in [-0.1, -0.05) is 18.2 Å². The average molecular weight is 320 g/mol. The number of nitrogens with zero attached hydrogens (tertiary/aromatic N) is 4. The van der Waals surface area contributed by atoms with Crippen molar-refractivity contribution in [2.45, 2.75) is 37.2 Å². The summed E-state index contributed by atoms with van der Waals surface area (Å²) in [6.07, 6.45) is 2.46. The number of sulfone groups is 1. The molecule has 0 saturated heterocycles. The van der Waals surface area contributed by atoms with Crippen molar-refractivity contribution >= 4 is 15.8 Å². The molecule has 0 N–H and O–H groups in total. The van der Waals surface area contributed by atoms with E-state index >= 15 is 0 Å². The van der Waals surface area contributed by atoms with Crippen LogP contribution < -0.4 is 4.90 Å². The molecule has 1 aliphatic heterocycles. The molecular formula is C15H20N4O2S. The van der Waals surface area contributed by atoms with Gasteiger partial charge >= 0.3 is 0 Å². The Hall–Kier alpha value is -1.89. The molecule has 0 unspecified atom stereocenters. The van der Waals surface area contributed by atoms with E-state index < -0.39 is 9.84 Å². The van der Waals surface area contributed by atoms with Crippen molar-refractivity contribution in [2.75, 3.05) is 17.2 Å². The monoisotopic (exact) mass is 320 g/mol. The van der Waals surface area contributed by atoms with Gasteiger partial charge in [0.2, 0.25) is 5.95 Å². The van der Waals surface area contributed by atoms with Crippen LogP contribution in [0.3, 0.4) is 0 Å². The first-order valence-electron chi connectivity index (χ1n) is 7.43. The zero-order valence-corrected chi connectivity index (χ0v) is 13.6. The number of aromatic nitrogens is 3. The van der Waals surface area contributed by atoms with Crippen LogP contribution in [0.2, 0.25) is 0 Å². The molecule has 2 heterocycles. The van der Waals surface area contributed by atoms with Crippen molar-refractivity contribution in [1.29, 1.82) is 0 Å². The van der Waals surface area contributed by atoms with E-state index in [9.17, 15) is 8.42 Å². The van der Waals surface area contributed by atoms with Gasteiger partial charge in [-0.25, -0.2) is 13.1 Å². The second kappa shape index (κ2) is 5.72. The van der Waals surface area contributed by atoms with Gasteiger partial charge in [0, 0.05) is 12.6 Å². The zero-order valence-electron chi connectivity index (χ0n) is 12.8. The van der Waals surface area contributed by atoms with Crippen LogP contribution in [0.15, 0.2) is 41.6 Å². The van der Waals surface area contributed by atoms with Gasteiger partial charge in [-0.05, 0) is 32.4 Å². The fourth-order valence-corrected chi connectivity index (χ4v) is 4.21. The van der Waals surface area contributed by atoms with E-state index in [1.165, 1.54) is 6.33 Å². The summed E-state index contributed by atoms with van der Waals surface area (Å²) in [5.74, 6) is 0.831. The zero-order chi connectivity index (χ0) is 15.7. The second-order valence-electron chi connectivity index (χ2n) is 5.76. The maximum atomic E-state index is 12.4. The molecule has 0 radical (unpaired) electrons. The summed E-state index contributed by atoms with van der Waals surface area (Å²) in [6.45, 7) is 4.63. The summed E-state index contributed by atoms with van der Waals surface area (Å²) < 4.78 is 26.7. The third kappa shape index (κ3) is 2.72. The minimum absolute atomic E-state index is 0.0720. The minimum Gasteiger partial charge on any atom is -0.337 e. The van der Waals surface area contributed by atoms with E-state index in [2.05, 4.69) is 23.9 Å². The molecule has 0 amide bonds. The van der Waals surface area contributed by atoms with Crippen molar-refractivity contribution in [3.05, 3.63) is 36.7 Å². The summed E-state index contributed by atoms with van der Waals surface area (Å²) >= 11 is 0. The van der Waals surface area contributed by atoms with Gasteiger partial charge in [-0.15, -0.1) is 0 Å². The smallest absolute Gasteiger partial charge is 0.224 e. The maximum Gasteiger partial charge on any atom is 0.224 e. The third-order valence-corrected chi connectivity index (χ3v) is 5.86. The lowest BCUT2D eigenvalue weighted by atomic mass is 10.1. The van der Waals surface area contributed by atoms with E-state index in [-0.39, 0.29) is 17.8 Å². The van der Waals surface area contributed by atoms with Crippen LogP contribution in [-0.4, -0.2) is 41.5 Å². The van der Waals surface area contributed by atoms with Gasteiger partial charge in [0.15, 0.2) is 9.84 Å². The van der Waals surface area contributed by atoms with Crippen molar-refractivity contribution in [1.82, 2.24) is 14.8 Å². The van der Waals surface area contributed by atoms with Crippen LogP contribution in [0.5, 0.6) is 0 Å². The van der Waals surface area contributed by atoms with Crippen molar-refractivity contribution in [3.8, 4) is 0 Å². The first-order valence-corrected chi connectivity index (χ1v) is 9.08. The van der Waals surface area contributed by atoms with Crippen LogP contribution in [-0.2, 0) is 9.84 Å². The molecule has 0 aliphatic carbocycles. The lowest BCUT2D eigenvalue weighted by Crippen LogP contribution is -2.43. The molecule has 7 heteroatoms. The predicted octanol–water partition coefficient (Wildman–Crippen LogP) is 1.91. The van der Waals surface area contributed by atoms with Gasteiger partial charge in [0.25, 0.3) is 0 Å². The van der Waals surface area contributed by atoms with Gasteiger partial charge in [0.1, 0.15) is 6.33 Å². The molecule has 3 rings (SSSR count). The van der Waals surface area contributed by atoms with E-state index in [4.69, 9.17) is 0 Å². The second-order valence-corrected chi connectivity index (χ2v) is 7.87. The molecule has 1 aromatic heterocycles. The number of benzene rings is 1. The van der Waals surface area contributed by atoms with E-state index in [0.717, 1.165) is 12.4 Å². The van der Waals surface area contributed by atoms with Crippen LogP contribution in [0.4, 0.5) is 5.95 Å². The summed E-state index contributed by atoms with van der Waals surface area (Å²) in [6, 6.07) is 9.12. The molecule has 0 fully saturated rings. The first-order chi connectivity index (χ1) is 10.5. The van der Waals surface area contributed by atoms with Crippen molar-refractivity contribution in [3.63, 3.8) is 0 Å². The number of hydrogen-bond acceptors (Lipinski definition) is 5. The highest BCUT2D eigenvalue weighted by Crippen LogP contribution is 2.29. The maximum absolute atomic E-state index is 12.4. The van der Waals surface area contributed by atoms with Crippen molar-refractivity contribution in [2.24, 2.45) is 0 Å². The number of anilines is 1. The molecule has 0 spiro atoms. The summed E-state index contributed by atoms with van der Waals surface area (Å²) in [4.78, 5) is 6.70. The standard InChI is InChI=1S/C15H20N4O2S/c1-12-10-13(2)19-15(16-11-17-19)18(12)8-9-22(20,21)14-6-4-3-5-7-14/h3-7,11-13H,8-10H2,1-2H3/t12-,13+/m1/s1. The highest BCUT2D eigenvalue weighted by Gasteiger charge is 2.30. The normalized spacial score (nSPS) is 21.6. The molecule has 0 saturated carbocycles. The topological polar surface area (TPSA) is 68.1 Å². The Morgan fingerprint density at radius 3 is 2.64 bits per heavy atom. The molecule has 1 aliphatic rings. The van der Waals surface area contributed by atoms with Crippen LogP contribution in [0, 0.1) is 0 Å². The molecule has 118 valence electrons. The quantitative estimate of drug-likeness (QED) is 0.861. The Labute approximate surface area is 130 Å². The molecule has 2 atom stereocenters. The number of fused-ring (bicyclic) bond motifs is 1. The first kappa shape index (κ1) is 15.0. The highest BCUT2D eigenvalue weighted by molar-refractivity contribution is 7.91. The van der Waals surface area contributed by atoms with E-state index in [1.807, 2.05) is 15.6 Å². The molecule has 6 nitrogen and oxygen atoms in total. The molecule has 22 heavy (non-hydrogen) atoms. The Morgan fingerprint density at radius 2 is 1.91 bits per heavy atom. The molecule has 0 bridgehead atoms. The predicted molar refractivity (Wildman–Crippen MR) is 84.7 cm³/mol. The summed E-state index contributed by atoms with van der Waals surface area (Å²) in [5, 5.41) is 4.24. The molecule has 1 aromatic carbocycles. The minimum atomic E-state index is -3.28. The van der Waals surface area contributed by atoms with Gasteiger partial charge < -0.3 is 4.90 Å². The Balaban J connectivity index is 1.79. The largest absolute Gasteiger partial charge is 0.337 e. The summed E-state index contributed by atoms with van der Waals surface area (Å²) in [7, 11) is -3.28. The fraction of sp³-hybridized carbons (Fsp3) is 0.467.